The van der Waals surface area contributed by atoms with E-state index in [-0.39, 0.29) is 40.2 Å². The molecule has 0 fully saturated rings. The fourth-order valence-corrected chi connectivity index (χ4v) is 4.52. The summed E-state index contributed by atoms with van der Waals surface area (Å²) in [4.78, 5) is 33.5. The molecule has 2 aromatic carbocycles. The van der Waals surface area contributed by atoms with Gasteiger partial charge in [0.1, 0.15) is 16.9 Å². The molecule has 1 atom stereocenters. The number of nitrogens with zero attached hydrogens (tertiary/aromatic N) is 1. The Bertz CT molecular complexity index is 1610. The smallest absolute Gasteiger partial charge is 0.252 e. The second-order valence-electron chi connectivity index (χ2n) is 8.78. The number of carbonyl (C=O) groups is 2. The molecule has 1 aliphatic heterocycles. The van der Waals surface area contributed by atoms with E-state index in [1.165, 1.54) is 50.9 Å². The van der Waals surface area contributed by atoms with Gasteiger partial charge >= 0.3 is 0 Å². The van der Waals surface area contributed by atoms with Gasteiger partial charge in [0, 0.05) is 24.9 Å². The Labute approximate surface area is 220 Å². The van der Waals surface area contributed by atoms with Crippen LogP contribution in [-0.2, 0) is 9.53 Å². The number of ether oxygens (including phenoxy) is 3. The average Bonchev–Trinajstić information content (AvgIpc) is 3.32. The number of anilines is 2. The van der Waals surface area contributed by atoms with E-state index in [1.54, 1.807) is 6.92 Å². The topological polar surface area (TPSA) is 115 Å². The summed E-state index contributed by atoms with van der Waals surface area (Å²) in [6, 6.07) is 6.28. The van der Waals surface area contributed by atoms with Crippen LogP contribution in [0.3, 0.4) is 0 Å². The van der Waals surface area contributed by atoms with E-state index in [0.717, 1.165) is 6.07 Å². The molecule has 4 aromatic rings. The number of carbonyl (C=O) groups excluding carboxylic acids is 2. The zero-order valence-electron chi connectivity index (χ0n) is 20.4. The number of aromatic nitrogens is 2. The summed E-state index contributed by atoms with van der Waals surface area (Å²) in [7, 11) is 2.78. The van der Waals surface area contributed by atoms with Gasteiger partial charge in [0.2, 0.25) is 11.6 Å². The van der Waals surface area contributed by atoms with Gasteiger partial charge in [-0.1, -0.05) is 11.6 Å². The molecule has 9 nitrogen and oxygen atoms in total. The van der Waals surface area contributed by atoms with Crippen LogP contribution in [-0.4, -0.2) is 48.0 Å². The van der Waals surface area contributed by atoms with Crippen LogP contribution in [0.2, 0.25) is 5.02 Å². The van der Waals surface area contributed by atoms with Crippen LogP contribution < -0.4 is 20.1 Å². The molecule has 5 rings (SSSR count). The lowest BCUT2D eigenvalue weighted by Gasteiger charge is -2.35. The standard InChI is InChI=1S/C26H21ClF2N4O5/c1-26(11-36-2)25(35)32-17-10-31-24-19(21(17)33-26)14(9-30-24)22(34)13-5-4-12(8-15(13)27)38-23-18(37-3)7-6-16(28)20(23)29/h4-10,33H,11H2,1-3H3,(H,30,31)(H,32,35)/t26-/m0/s1. The molecule has 1 aliphatic rings. The fraction of sp³-hybridized carbons (Fsp3) is 0.192. The third kappa shape index (κ3) is 4.19. The SMILES string of the molecule is COC[C@]1(C)Nc2c(cnc3[nH]cc(C(=O)c4ccc(Oc5c(OC)ccc(F)c5F)cc4Cl)c23)NC1=O. The number of hydrogen-bond donors (Lipinski definition) is 3. The lowest BCUT2D eigenvalue weighted by molar-refractivity contribution is -0.121. The summed E-state index contributed by atoms with van der Waals surface area (Å²) in [6.45, 7) is 1.76. The van der Waals surface area contributed by atoms with Crippen molar-refractivity contribution in [1.82, 2.24) is 9.97 Å². The third-order valence-electron chi connectivity index (χ3n) is 6.17. The van der Waals surface area contributed by atoms with E-state index in [0.29, 0.717) is 22.4 Å². The molecule has 0 spiro atoms. The zero-order chi connectivity index (χ0) is 27.2. The molecule has 196 valence electrons. The first-order chi connectivity index (χ1) is 18.2. The molecular weight excluding hydrogens is 522 g/mol. The summed E-state index contributed by atoms with van der Waals surface area (Å²) >= 11 is 6.44. The predicted octanol–water partition coefficient (Wildman–Crippen LogP) is 5.30. The Kier molecular flexibility index (Phi) is 6.41. The third-order valence-corrected chi connectivity index (χ3v) is 6.48. The highest BCUT2D eigenvalue weighted by molar-refractivity contribution is 6.36. The maximum absolute atomic E-state index is 14.3. The molecule has 0 radical (unpaired) electrons. The highest BCUT2D eigenvalue weighted by Gasteiger charge is 2.39. The Morgan fingerprint density at radius 3 is 2.66 bits per heavy atom. The van der Waals surface area contributed by atoms with E-state index >= 15 is 0 Å². The molecule has 0 saturated heterocycles. The van der Waals surface area contributed by atoms with Gasteiger partial charge in [-0.25, -0.2) is 9.37 Å². The molecule has 0 bridgehead atoms. The van der Waals surface area contributed by atoms with E-state index in [4.69, 9.17) is 25.8 Å². The van der Waals surface area contributed by atoms with Gasteiger partial charge < -0.3 is 29.8 Å². The number of methoxy groups -OCH3 is 2. The number of ketones is 1. The number of aromatic amines is 1. The Hall–Kier alpha value is -4.22. The van der Waals surface area contributed by atoms with Crippen molar-refractivity contribution < 1.29 is 32.6 Å². The van der Waals surface area contributed by atoms with Crippen molar-refractivity contribution in [1.29, 1.82) is 0 Å². The maximum atomic E-state index is 14.3. The van der Waals surface area contributed by atoms with Crippen molar-refractivity contribution in [2.24, 2.45) is 0 Å². The molecule has 0 aliphatic carbocycles. The second-order valence-corrected chi connectivity index (χ2v) is 9.19. The number of amides is 1. The summed E-state index contributed by atoms with van der Waals surface area (Å²) in [5.41, 5.74) is 0.622. The van der Waals surface area contributed by atoms with Gasteiger partial charge in [-0.15, -0.1) is 0 Å². The number of halogens is 3. The largest absolute Gasteiger partial charge is 0.493 e. The van der Waals surface area contributed by atoms with Crippen LogP contribution in [0.5, 0.6) is 17.2 Å². The monoisotopic (exact) mass is 542 g/mol. The van der Waals surface area contributed by atoms with Crippen molar-refractivity contribution >= 4 is 45.7 Å². The Morgan fingerprint density at radius 1 is 1.16 bits per heavy atom. The Balaban J connectivity index is 1.51. The van der Waals surface area contributed by atoms with Crippen molar-refractivity contribution in [3.63, 3.8) is 0 Å². The molecule has 38 heavy (non-hydrogen) atoms. The second kappa shape index (κ2) is 9.58. The lowest BCUT2D eigenvalue weighted by atomic mass is 9.96. The molecule has 2 aromatic heterocycles. The quantitative estimate of drug-likeness (QED) is 0.272. The van der Waals surface area contributed by atoms with Crippen molar-refractivity contribution in [3.05, 3.63) is 70.5 Å². The minimum atomic E-state index is -1.23. The van der Waals surface area contributed by atoms with Crippen LogP contribution >= 0.6 is 11.6 Å². The fourth-order valence-electron chi connectivity index (χ4n) is 4.26. The molecular formula is C26H21ClF2N4O5. The zero-order valence-corrected chi connectivity index (χ0v) is 21.1. The summed E-state index contributed by atoms with van der Waals surface area (Å²) in [6.07, 6.45) is 2.98. The van der Waals surface area contributed by atoms with Crippen LogP contribution in [0.25, 0.3) is 11.0 Å². The molecule has 3 heterocycles. The first-order valence-electron chi connectivity index (χ1n) is 11.3. The number of pyridine rings is 1. The number of hydrogen-bond acceptors (Lipinski definition) is 7. The molecule has 0 unspecified atom stereocenters. The van der Waals surface area contributed by atoms with Gasteiger partial charge in [-0.3, -0.25) is 9.59 Å². The highest BCUT2D eigenvalue weighted by atomic mass is 35.5. The van der Waals surface area contributed by atoms with Crippen molar-refractivity contribution in [2.75, 3.05) is 31.5 Å². The number of rotatable bonds is 7. The van der Waals surface area contributed by atoms with E-state index in [2.05, 4.69) is 20.6 Å². The first-order valence-corrected chi connectivity index (χ1v) is 11.7. The minimum Gasteiger partial charge on any atom is -0.493 e. The summed E-state index contributed by atoms with van der Waals surface area (Å²) in [5.74, 6) is -3.49. The minimum absolute atomic E-state index is 0.0147. The predicted molar refractivity (Wildman–Crippen MR) is 136 cm³/mol. The number of fused-ring (bicyclic) bond motifs is 3. The average molecular weight is 543 g/mol. The van der Waals surface area contributed by atoms with Gasteiger partial charge in [-0.2, -0.15) is 4.39 Å². The Morgan fingerprint density at radius 2 is 1.95 bits per heavy atom. The van der Waals surface area contributed by atoms with E-state index < -0.39 is 28.7 Å². The summed E-state index contributed by atoms with van der Waals surface area (Å²) < 4.78 is 43.8. The molecule has 1 amide bonds. The van der Waals surface area contributed by atoms with Crippen LogP contribution in [0.15, 0.2) is 42.7 Å². The number of H-pyrrole nitrogens is 1. The van der Waals surface area contributed by atoms with Gasteiger partial charge in [0.25, 0.3) is 5.91 Å². The molecule has 12 heteroatoms. The normalized spacial score (nSPS) is 16.5. The van der Waals surface area contributed by atoms with Crippen molar-refractivity contribution in [2.45, 2.75) is 12.5 Å². The molecule has 0 saturated carbocycles. The lowest BCUT2D eigenvalue weighted by Crippen LogP contribution is -2.53. The van der Waals surface area contributed by atoms with Gasteiger partial charge in [0.05, 0.1) is 47.3 Å². The van der Waals surface area contributed by atoms with Gasteiger partial charge in [-0.05, 0) is 31.2 Å². The van der Waals surface area contributed by atoms with Crippen LogP contribution in [0, 0.1) is 11.6 Å². The maximum Gasteiger partial charge on any atom is 0.252 e. The van der Waals surface area contributed by atoms with E-state index in [9.17, 15) is 18.4 Å². The van der Waals surface area contributed by atoms with Crippen LogP contribution in [0.1, 0.15) is 22.8 Å². The van der Waals surface area contributed by atoms with Crippen molar-refractivity contribution in [3.8, 4) is 17.2 Å². The molecule has 3 N–H and O–H groups in total. The van der Waals surface area contributed by atoms with Gasteiger partial charge in [0.15, 0.2) is 17.3 Å². The highest BCUT2D eigenvalue weighted by Crippen LogP contribution is 2.40. The first kappa shape index (κ1) is 25.4. The van der Waals surface area contributed by atoms with E-state index in [1.807, 2.05) is 0 Å². The number of benzene rings is 2. The number of nitrogens with one attached hydrogen (secondary N) is 3. The summed E-state index contributed by atoms with van der Waals surface area (Å²) in [5, 5.41) is 6.47. The van der Waals surface area contributed by atoms with Crippen LogP contribution in [0.4, 0.5) is 20.2 Å².